The molecule has 1 fully saturated rings. The van der Waals surface area contributed by atoms with Gasteiger partial charge in [-0.3, -0.25) is 4.79 Å². The van der Waals surface area contributed by atoms with Gasteiger partial charge in [0.05, 0.1) is 11.5 Å². The standard InChI is InChI=1S/C15H19F4N3O2/c1-14(2,13(23)22-11-7-20-6-10(11)16)8-24-12-9(15(17,18)19)4-3-5-21-12/h3-5,10-11,20H,6-8H2,1-2H3,(H,22,23)/t10-,11-/m1/s1. The molecule has 0 radical (unpaired) electrons. The second-order valence-corrected chi connectivity index (χ2v) is 6.28. The van der Waals surface area contributed by atoms with Crippen LogP contribution < -0.4 is 15.4 Å². The van der Waals surface area contributed by atoms with Gasteiger partial charge in [-0.2, -0.15) is 13.2 Å². The summed E-state index contributed by atoms with van der Waals surface area (Å²) in [5.41, 5.74) is -2.16. The summed E-state index contributed by atoms with van der Waals surface area (Å²) in [4.78, 5) is 15.8. The molecule has 0 unspecified atom stereocenters. The minimum Gasteiger partial charge on any atom is -0.476 e. The number of nitrogens with zero attached hydrogens (tertiary/aromatic N) is 1. The Kier molecular flexibility index (Phi) is 5.32. The van der Waals surface area contributed by atoms with Crippen LogP contribution in [-0.4, -0.2) is 42.8 Å². The SMILES string of the molecule is CC(C)(COc1ncccc1C(F)(F)F)C(=O)N[C@@H]1CNC[C@H]1F. The van der Waals surface area contributed by atoms with Crippen LogP contribution in [0.15, 0.2) is 18.3 Å². The van der Waals surface area contributed by atoms with Gasteiger partial charge in [-0.1, -0.05) is 0 Å². The number of hydrogen-bond donors (Lipinski definition) is 2. The third-order valence-corrected chi connectivity index (χ3v) is 3.72. The van der Waals surface area contributed by atoms with E-state index >= 15 is 0 Å². The molecule has 0 spiro atoms. The number of aromatic nitrogens is 1. The fourth-order valence-electron chi connectivity index (χ4n) is 2.19. The van der Waals surface area contributed by atoms with E-state index in [1.807, 2.05) is 0 Å². The first kappa shape index (κ1) is 18.4. The molecule has 2 atom stereocenters. The van der Waals surface area contributed by atoms with Crippen molar-refractivity contribution in [2.75, 3.05) is 19.7 Å². The lowest BCUT2D eigenvalue weighted by atomic mass is 9.93. The predicted octanol–water partition coefficient (Wildman–Crippen LogP) is 1.93. The molecule has 1 aliphatic rings. The molecule has 2 N–H and O–H groups in total. The summed E-state index contributed by atoms with van der Waals surface area (Å²) in [6, 6.07) is 1.35. The maximum absolute atomic E-state index is 13.5. The van der Waals surface area contributed by atoms with Gasteiger partial charge in [-0.25, -0.2) is 9.37 Å². The lowest BCUT2D eigenvalue weighted by molar-refractivity contribution is -0.139. The van der Waals surface area contributed by atoms with Gasteiger partial charge in [-0.15, -0.1) is 0 Å². The number of halogens is 4. The van der Waals surface area contributed by atoms with E-state index in [1.165, 1.54) is 20.0 Å². The van der Waals surface area contributed by atoms with Gasteiger partial charge >= 0.3 is 6.18 Å². The van der Waals surface area contributed by atoms with Crippen molar-refractivity contribution in [3.8, 4) is 5.88 Å². The average Bonchev–Trinajstić information content (AvgIpc) is 2.90. The molecule has 5 nitrogen and oxygen atoms in total. The lowest BCUT2D eigenvalue weighted by Gasteiger charge is -2.26. The van der Waals surface area contributed by atoms with E-state index in [0.717, 1.165) is 12.1 Å². The van der Waals surface area contributed by atoms with E-state index in [4.69, 9.17) is 4.74 Å². The Morgan fingerprint density at radius 2 is 2.12 bits per heavy atom. The van der Waals surface area contributed by atoms with Crippen LogP contribution in [0.5, 0.6) is 5.88 Å². The summed E-state index contributed by atoms with van der Waals surface area (Å²) in [6.45, 7) is 3.16. The Labute approximate surface area is 136 Å². The zero-order valence-corrected chi connectivity index (χ0v) is 13.3. The molecule has 9 heteroatoms. The van der Waals surface area contributed by atoms with E-state index in [2.05, 4.69) is 15.6 Å². The minimum atomic E-state index is -4.60. The van der Waals surface area contributed by atoms with Crippen LogP contribution in [-0.2, 0) is 11.0 Å². The highest BCUT2D eigenvalue weighted by Gasteiger charge is 2.37. The third-order valence-electron chi connectivity index (χ3n) is 3.72. The van der Waals surface area contributed by atoms with E-state index in [9.17, 15) is 22.4 Å². The molecule has 1 aromatic rings. The molecular formula is C15H19F4N3O2. The van der Waals surface area contributed by atoms with Crippen molar-refractivity contribution in [3.63, 3.8) is 0 Å². The van der Waals surface area contributed by atoms with Gasteiger partial charge in [0.15, 0.2) is 0 Å². The van der Waals surface area contributed by atoms with Crippen molar-refractivity contribution in [3.05, 3.63) is 23.9 Å². The van der Waals surface area contributed by atoms with Crippen LogP contribution in [0, 0.1) is 5.41 Å². The average molecular weight is 349 g/mol. The van der Waals surface area contributed by atoms with Crippen LogP contribution in [0.4, 0.5) is 17.6 Å². The monoisotopic (exact) mass is 349 g/mol. The summed E-state index contributed by atoms with van der Waals surface area (Å²) in [7, 11) is 0. The number of ether oxygens (including phenoxy) is 1. The second kappa shape index (κ2) is 6.92. The Morgan fingerprint density at radius 1 is 1.42 bits per heavy atom. The topological polar surface area (TPSA) is 63.2 Å². The molecule has 0 bridgehead atoms. The molecule has 0 saturated carbocycles. The van der Waals surface area contributed by atoms with Gasteiger partial charge in [0.1, 0.15) is 18.3 Å². The number of rotatable bonds is 5. The van der Waals surface area contributed by atoms with Crippen LogP contribution in [0.1, 0.15) is 19.4 Å². The first-order chi connectivity index (χ1) is 11.1. The lowest BCUT2D eigenvalue weighted by Crippen LogP contribution is -2.48. The molecule has 2 rings (SSSR count). The molecule has 1 aromatic heterocycles. The normalized spacial score (nSPS) is 21.6. The number of carbonyl (C=O) groups is 1. The van der Waals surface area contributed by atoms with E-state index in [1.54, 1.807) is 0 Å². The van der Waals surface area contributed by atoms with E-state index < -0.39 is 41.2 Å². The highest BCUT2D eigenvalue weighted by atomic mass is 19.4. The smallest absolute Gasteiger partial charge is 0.421 e. The Hall–Kier alpha value is -1.90. The van der Waals surface area contributed by atoms with Crippen molar-refractivity contribution in [1.29, 1.82) is 0 Å². The van der Waals surface area contributed by atoms with Crippen molar-refractivity contribution in [2.24, 2.45) is 5.41 Å². The molecule has 0 aromatic carbocycles. The highest BCUT2D eigenvalue weighted by molar-refractivity contribution is 5.82. The van der Waals surface area contributed by atoms with Crippen molar-refractivity contribution in [1.82, 2.24) is 15.6 Å². The fraction of sp³-hybridized carbons (Fsp3) is 0.600. The summed E-state index contributed by atoms with van der Waals surface area (Å²) in [5, 5.41) is 5.36. The van der Waals surface area contributed by atoms with Crippen molar-refractivity contribution >= 4 is 5.91 Å². The molecule has 0 aliphatic carbocycles. The van der Waals surface area contributed by atoms with Gasteiger partial charge < -0.3 is 15.4 Å². The number of carbonyl (C=O) groups excluding carboxylic acids is 1. The summed E-state index contributed by atoms with van der Waals surface area (Å²) >= 11 is 0. The van der Waals surface area contributed by atoms with E-state index in [0.29, 0.717) is 6.54 Å². The number of alkyl halides is 4. The Morgan fingerprint density at radius 3 is 2.71 bits per heavy atom. The van der Waals surface area contributed by atoms with Gasteiger partial charge in [0.2, 0.25) is 11.8 Å². The third kappa shape index (κ3) is 4.34. The van der Waals surface area contributed by atoms with Gasteiger partial charge in [0.25, 0.3) is 0 Å². The maximum atomic E-state index is 13.5. The zero-order valence-electron chi connectivity index (χ0n) is 13.3. The number of hydrogen-bond acceptors (Lipinski definition) is 4. The molecular weight excluding hydrogens is 330 g/mol. The Bertz CT molecular complexity index is 592. The van der Waals surface area contributed by atoms with Crippen molar-refractivity contribution < 1.29 is 27.1 Å². The zero-order chi connectivity index (χ0) is 18.0. The van der Waals surface area contributed by atoms with Crippen LogP contribution in [0.3, 0.4) is 0 Å². The first-order valence-electron chi connectivity index (χ1n) is 7.42. The Balaban J connectivity index is 2.01. The van der Waals surface area contributed by atoms with Crippen LogP contribution >= 0.6 is 0 Å². The summed E-state index contributed by atoms with van der Waals surface area (Å²) < 4.78 is 57.3. The fourth-order valence-corrected chi connectivity index (χ4v) is 2.19. The number of pyridine rings is 1. The quantitative estimate of drug-likeness (QED) is 0.798. The van der Waals surface area contributed by atoms with E-state index in [-0.39, 0.29) is 13.2 Å². The largest absolute Gasteiger partial charge is 0.476 e. The number of nitrogens with one attached hydrogen (secondary N) is 2. The first-order valence-corrected chi connectivity index (χ1v) is 7.42. The summed E-state index contributed by atoms with van der Waals surface area (Å²) in [6.07, 6.45) is -4.62. The molecule has 1 aliphatic heterocycles. The van der Waals surface area contributed by atoms with Crippen LogP contribution in [0.25, 0.3) is 0 Å². The van der Waals surface area contributed by atoms with Crippen LogP contribution in [0.2, 0.25) is 0 Å². The number of amides is 1. The van der Waals surface area contributed by atoms with Gasteiger partial charge in [0, 0.05) is 19.3 Å². The van der Waals surface area contributed by atoms with Crippen molar-refractivity contribution in [2.45, 2.75) is 32.2 Å². The molecule has 24 heavy (non-hydrogen) atoms. The predicted molar refractivity (Wildman–Crippen MR) is 78.2 cm³/mol. The minimum absolute atomic E-state index is 0.157. The second-order valence-electron chi connectivity index (χ2n) is 6.28. The maximum Gasteiger partial charge on any atom is 0.421 e. The molecule has 1 amide bonds. The molecule has 1 saturated heterocycles. The molecule has 2 heterocycles. The van der Waals surface area contributed by atoms with Gasteiger partial charge in [-0.05, 0) is 26.0 Å². The molecule has 134 valence electrons. The highest BCUT2D eigenvalue weighted by Crippen LogP contribution is 2.35. The summed E-state index contributed by atoms with van der Waals surface area (Å²) in [5.74, 6) is -1.08.